The Hall–Kier alpha value is -3.19. The Bertz CT molecular complexity index is 832. The standard InChI is InChI=1S/C17H12N4/c18-12-17(21-20-14-7-2-1-3-8-14)16-11-10-13-6-4-5-9-15(13)19-16/h1-11,20H/b21-17-. The maximum Gasteiger partial charge on any atom is 0.186 e. The molecule has 0 fully saturated rings. The summed E-state index contributed by atoms with van der Waals surface area (Å²) in [5.74, 6) is 0. The minimum absolute atomic E-state index is 0.254. The normalized spacial score (nSPS) is 11.1. The third kappa shape index (κ3) is 2.88. The van der Waals surface area contributed by atoms with E-state index < -0.39 is 0 Å². The fourth-order valence-electron chi connectivity index (χ4n) is 1.97. The first-order valence-electron chi connectivity index (χ1n) is 6.52. The highest BCUT2D eigenvalue weighted by Gasteiger charge is 2.05. The topological polar surface area (TPSA) is 61.1 Å². The number of anilines is 1. The predicted molar refractivity (Wildman–Crippen MR) is 84.0 cm³/mol. The summed E-state index contributed by atoms with van der Waals surface area (Å²) in [4.78, 5) is 4.47. The minimum atomic E-state index is 0.254. The van der Waals surface area contributed by atoms with Crippen molar-refractivity contribution in [2.24, 2.45) is 5.10 Å². The van der Waals surface area contributed by atoms with E-state index in [1.807, 2.05) is 60.7 Å². The average Bonchev–Trinajstić information content (AvgIpc) is 2.56. The van der Waals surface area contributed by atoms with Crippen LogP contribution in [0.25, 0.3) is 10.9 Å². The number of pyridine rings is 1. The van der Waals surface area contributed by atoms with E-state index in [0.717, 1.165) is 16.6 Å². The fraction of sp³-hybridized carbons (Fsp3) is 0. The predicted octanol–water partition coefficient (Wildman–Crippen LogP) is 3.57. The van der Waals surface area contributed by atoms with Crippen molar-refractivity contribution < 1.29 is 0 Å². The Kier molecular flexibility index (Phi) is 3.57. The van der Waals surface area contributed by atoms with Gasteiger partial charge in [0.2, 0.25) is 0 Å². The van der Waals surface area contributed by atoms with Gasteiger partial charge in [0.1, 0.15) is 11.8 Å². The number of hydrogen-bond acceptors (Lipinski definition) is 4. The zero-order valence-corrected chi connectivity index (χ0v) is 11.2. The molecule has 3 rings (SSSR count). The number of aromatic nitrogens is 1. The van der Waals surface area contributed by atoms with Crippen molar-refractivity contribution in [2.75, 3.05) is 5.43 Å². The molecule has 1 heterocycles. The van der Waals surface area contributed by atoms with E-state index in [9.17, 15) is 5.26 Å². The minimum Gasteiger partial charge on any atom is -0.277 e. The molecular formula is C17H12N4. The van der Waals surface area contributed by atoms with E-state index in [1.54, 1.807) is 6.07 Å². The molecule has 0 aliphatic heterocycles. The largest absolute Gasteiger partial charge is 0.277 e. The van der Waals surface area contributed by atoms with Gasteiger partial charge in [-0.3, -0.25) is 5.43 Å². The van der Waals surface area contributed by atoms with Crippen molar-refractivity contribution in [2.45, 2.75) is 0 Å². The Balaban J connectivity index is 1.93. The molecule has 0 spiro atoms. The molecule has 0 saturated carbocycles. The molecule has 1 N–H and O–H groups in total. The van der Waals surface area contributed by atoms with Gasteiger partial charge < -0.3 is 0 Å². The van der Waals surface area contributed by atoms with Crippen molar-refractivity contribution in [1.82, 2.24) is 4.98 Å². The number of nitrogens with zero attached hydrogens (tertiary/aromatic N) is 3. The highest BCUT2D eigenvalue weighted by Crippen LogP contribution is 2.12. The van der Waals surface area contributed by atoms with Crippen molar-refractivity contribution in [1.29, 1.82) is 5.26 Å². The Morgan fingerprint density at radius 3 is 2.52 bits per heavy atom. The van der Waals surface area contributed by atoms with Gasteiger partial charge in [0.25, 0.3) is 0 Å². The van der Waals surface area contributed by atoms with Gasteiger partial charge in [-0.05, 0) is 24.3 Å². The molecule has 0 aliphatic rings. The van der Waals surface area contributed by atoms with Crippen LogP contribution in [0.5, 0.6) is 0 Å². The first kappa shape index (κ1) is 12.8. The fourth-order valence-corrected chi connectivity index (χ4v) is 1.97. The van der Waals surface area contributed by atoms with Crippen LogP contribution < -0.4 is 5.43 Å². The molecule has 0 saturated heterocycles. The molecule has 100 valence electrons. The van der Waals surface area contributed by atoms with Crippen LogP contribution in [0.1, 0.15) is 5.69 Å². The molecule has 21 heavy (non-hydrogen) atoms. The number of nitrogens with one attached hydrogen (secondary N) is 1. The Morgan fingerprint density at radius 2 is 1.71 bits per heavy atom. The Labute approximate surface area is 122 Å². The second-order valence-corrected chi connectivity index (χ2v) is 4.44. The van der Waals surface area contributed by atoms with Crippen molar-refractivity contribution in [3.05, 3.63) is 72.4 Å². The number of fused-ring (bicyclic) bond motifs is 1. The summed E-state index contributed by atoms with van der Waals surface area (Å²) >= 11 is 0. The number of benzene rings is 2. The van der Waals surface area contributed by atoms with Gasteiger partial charge >= 0.3 is 0 Å². The van der Waals surface area contributed by atoms with Crippen LogP contribution in [-0.4, -0.2) is 10.7 Å². The van der Waals surface area contributed by atoms with Gasteiger partial charge in [0.05, 0.1) is 11.2 Å². The number of rotatable bonds is 3. The van der Waals surface area contributed by atoms with Crippen molar-refractivity contribution >= 4 is 22.3 Å². The monoisotopic (exact) mass is 272 g/mol. The van der Waals surface area contributed by atoms with Crippen LogP contribution in [0, 0.1) is 11.3 Å². The van der Waals surface area contributed by atoms with Gasteiger partial charge in [-0.25, -0.2) is 4.98 Å². The molecule has 0 amide bonds. The van der Waals surface area contributed by atoms with E-state index in [4.69, 9.17) is 0 Å². The number of hydrogen-bond donors (Lipinski definition) is 1. The molecule has 3 aromatic rings. The maximum atomic E-state index is 9.27. The smallest absolute Gasteiger partial charge is 0.186 e. The van der Waals surface area contributed by atoms with Crippen LogP contribution >= 0.6 is 0 Å². The number of para-hydroxylation sites is 2. The van der Waals surface area contributed by atoms with Crippen LogP contribution in [0.3, 0.4) is 0 Å². The zero-order valence-electron chi connectivity index (χ0n) is 11.2. The first-order valence-corrected chi connectivity index (χ1v) is 6.52. The SMILES string of the molecule is N#C/C(=N/Nc1ccccc1)c1ccc2ccccc2n1. The highest BCUT2D eigenvalue weighted by molar-refractivity contribution is 6.11. The molecule has 0 bridgehead atoms. The van der Waals surface area contributed by atoms with Gasteiger partial charge in [-0.1, -0.05) is 42.5 Å². The van der Waals surface area contributed by atoms with Crippen LogP contribution in [0.4, 0.5) is 5.69 Å². The Morgan fingerprint density at radius 1 is 0.952 bits per heavy atom. The molecule has 0 aliphatic carbocycles. The van der Waals surface area contributed by atoms with Gasteiger partial charge in [-0.2, -0.15) is 10.4 Å². The molecule has 0 unspecified atom stereocenters. The summed E-state index contributed by atoms with van der Waals surface area (Å²) in [7, 11) is 0. The van der Waals surface area contributed by atoms with E-state index in [0.29, 0.717) is 5.69 Å². The van der Waals surface area contributed by atoms with E-state index in [1.165, 1.54) is 0 Å². The molecule has 4 heteroatoms. The summed E-state index contributed by atoms with van der Waals surface area (Å²) in [6.07, 6.45) is 0. The summed E-state index contributed by atoms with van der Waals surface area (Å²) in [5, 5.41) is 14.4. The van der Waals surface area contributed by atoms with Crippen LogP contribution in [0.15, 0.2) is 71.8 Å². The second kappa shape index (κ2) is 5.85. The van der Waals surface area contributed by atoms with Gasteiger partial charge in [0, 0.05) is 5.39 Å². The van der Waals surface area contributed by atoms with Gasteiger partial charge in [-0.15, -0.1) is 0 Å². The van der Waals surface area contributed by atoms with Crippen molar-refractivity contribution in [3.8, 4) is 6.07 Å². The van der Waals surface area contributed by atoms with Crippen LogP contribution in [-0.2, 0) is 0 Å². The molecule has 4 nitrogen and oxygen atoms in total. The maximum absolute atomic E-state index is 9.27. The summed E-state index contributed by atoms with van der Waals surface area (Å²) in [5.41, 5.74) is 5.35. The lowest BCUT2D eigenvalue weighted by atomic mass is 10.2. The third-order valence-corrected chi connectivity index (χ3v) is 3.02. The number of hydrazone groups is 1. The molecular weight excluding hydrogens is 260 g/mol. The first-order chi connectivity index (χ1) is 10.4. The lowest BCUT2D eigenvalue weighted by Gasteiger charge is -2.02. The molecule has 0 atom stereocenters. The van der Waals surface area contributed by atoms with Crippen LogP contribution in [0.2, 0.25) is 0 Å². The van der Waals surface area contributed by atoms with Gasteiger partial charge in [0.15, 0.2) is 5.71 Å². The van der Waals surface area contributed by atoms with E-state index in [2.05, 4.69) is 21.6 Å². The highest BCUT2D eigenvalue weighted by atomic mass is 15.3. The average molecular weight is 272 g/mol. The van der Waals surface area contributed by atoms with Crippen molar-refractivity contribution in [3.63, 3.8) is 0 Å². The summed E-state index contributed by atoms with van der Waals surface area (Å²) < 4.78 is 0. The van der Waals surface area contributed by atoms with E-state index in [-0.39, 0.29) is 5.71 Å². The molecule has 1 aromatic heterocycles. The second-order valence-electron chi connectivity index (χ2n) is 4.44. The summed E-state index contributed by atoms with van der Waals surface area (Å²) in [6.45, 7) is 0. The lowest BCUT2D eigenvalue weighted by Crippen LogP contribution is -2.04. The molecule has 0 radical (unpaired) electrons. The quantitative estimate of drug-likeness (QED) is 0.585. The third-order valence-electron chi connectivity index (χ3n) is 3.02. The zero-order chi connectivity index (χ0) is 14.5. The van der Waals surface area contributed by atoms with E-state index >= 15 is 0 Å². The lowest BCUT2D eigenvalue weighted by molar-refractivity contribution is 1.30. The summed E-state index contributed by atoms with van der Waals surface area (Å²) in [6, 6.07) is 23.1. The number of nitriles is 1. The molecule has 2 aromatic carbocycles.